The standard InChI is InChI=1S/C14H28NO4P/c1-6-8-9-10-14(19-13(16)7-2)20(17)18-12-11-15(3,4)5/h7,14H,2,6,8-12H2,1,3-5H3/q+2. The molecule has 116 valence electrons. The number of carbonyl (C=O) groups excluding carboxylic acids is 1. The van der Waals surface area contributed by atoms with E-state index in [1.807, 2.05) is 21.1 Å². The molecule has 0 aliphatic rings. The zero-order chi connectivity index (χ0) is 15.6. The smallest absolute Gasteiger partial charge is 0.410 e. The molecule has 0 saturated carbocycles. The van der Waals surface area contributed by atoms with Gasteiger partial charge in [-0.2, -0.15) is 0 Å². The lowest BCUT2D eigenvalue weighted by atomic mass is 10.2. The molecule has 0 rings (SSSR count). The summed E-state index contributed by atoms with van der Waals surface area (Å²) in [6, 6.07) is 0. The molecule has 0 radical (unpaired) electrons. The summed E-state index contributed by atoms with van der Waals surface area (Å²) >= 11 is 0. The minimum atomic E-state index is -2.00. The lowest BCUT2D eigenvalue weighted by Gasteiger charge is -2.22. The second kappa shape index (κ2) is 10.0. The van der Waals surface area contributed by atoms with Crippen molar-refractivity contribution in [2.24, 2.45) is 0 Å². The quantitative estimate of drug-likeness (QED) is 0.193. The lowest BCUT2D eigenvalue weighted by molar-refractivity contribution is -0.870. The van der Waals surface area contributed by atoms with Gasteiger partial charge in [0.15, 0.2) is 6.61 Å². The number of likely N-dealkylation sites (N-methyl/N-ethyl adjacent to an activating group) is 1. The molecule has 0 spiro atoms. The average molecular weight is 305 g/mol. The highest BCUT2D eigenvalue weighted by molar-refractivity contribution is 7.39. The summed E-state index contributed by atoms with van der Waals surface area (Å²) in [7, 11) is 4.10. The molecule has 0 bridgehead atoms. The van der Waals surface area contributed by atoms with E-state index in [-0.39, 0.29) is 0 Å². The molecule has 20 heavy (non-hydrogen) atoms. The molecule has 0 saturated heterocycles. The maximum atomic E-state index is 12.1. The van der Waals surface area contributed by atoms with Crippen LogP contribution in [0.25, 0.3) is 0 Å². The molecule has 0 aliphatic carbocycles. The van der Waals surface area contributed by atoms with Gasteiger partial charge in [-0.25, -0.2) is 4.79 Å². The molecule has 2 unspecified atom stereocenters. The summed E-state index contributed by atoms with van der Waals surface area (Å²) in [5, 5.41) is 0. The minimum absolute atomic E-state index is 0.384. The summed E-state index contributed by atoms with van der Waals surface area (Å²) in [6.45, 7) is 6.57. The van der Waals surface area contributed by atoms with Crippen LogP contribution in [0.5, 0.6) is 0 Å². The third-order valence-corrected chi connectivity index (χ3v) is 3.96. The molecule has 0 aromatic rings. The average Bonchev–Trinajstić information content (AvgIpc) is 2.35. The van der Waals surface area contributed by atoms with Crippen molar-refractivity contribution in [2.45, 2.75) is 38.5 Å². The Bertz CT molecular complexity index is 326. The van der Waals surface area contributed by atoms with E-state index in [0.29, 0.717) is 13.0 Å². The van der Waals surface area contributed by atoms with Gasteiger partial charge in [-0.05, 0) is 11.0 Å². The summed E-state index contributed by atoms with van der Waals surface area (Å²) < 4.78 is 23.3. The topological polar surface area (TPSA) is 52.6 Å². The van der Waals surface area contributed by atoms with Gasteiger partial charge < -0.3 is 9.22 Å². The summed E-state index contributed by atoms with van der Waals surface area (Å²) in [6.07, 6.45) is 4.59. The number of ether oxygens (including phenoxy) is 1. The summed E-state index contributed by atoms with van der Waals surface area (Å²) in [5.41, 5.74) is 0. The van der Waals surface area contributed by atoms with Crippen LogP contribution >= 0.6 is 8.03 Å². The maximum Gasteiger partial charge on any atom is 0.553 e. The van der Waals surface area contributed by atoms with Crippen LogP contribution in [0.4, 0.5) is 0 Å². The van der Waals surface area contributed by atoms with Crippen molar-refractivity contribution in [1.29, 1.82) is 0 Å². The van der Waals surface area contributed by atoms with Crippen molar-refractivity contribution in [3.63, 3.8) is 0 Å². The van der Waals surface area contributed by atoms with Crippen molar-refractivity contribution in [3.05, 3.63) is 12.7 Å². The van der Waals surface area contributed by atoms with Crippen LogP contribution in [0, 0.1) is 0 Å². The number of rotatable bonds is 11. The number of esters is 1. The van der Waals surface area contributed by atoms with Crippen LogP contribution in [0.1, 0.15) is 32.6 Å². The van der Waals surface area contributed by atoms with Crippen molar-refractivity contribution < 1.29 is 23.1 Å². The molecule has 0 heterocycles. The van der Waals surface area contributed by atoms with Gasteiger partial charge in [0.05, 0.1) is 21.1 Å². The van der Waals surface area contributed by atoms with Crippen LogP contribution in [0.2, 0.25) is 0 Å². The van der Waals surface area contributed by atoms with Crippen molar-refractivity contribution in [2.75, 3.05) is 34.3 Å². The number of unbranched alkanes of at least 4 members (excludes halogenated alkanes) is 2. The van der Waals surface area contributed by atoms with E-state index < -0.39 is 19.8 Å². The van der Waals surface area contributed by atoms with E-state index in [9.17, 15) is 9.36 Å². The summed E-state index contributed by atoms with van der Waals surface area (Å²) in [5.74, 6) is -1.22. The molecule has 5 nitrogen and oxygen atoms in total. The minimum Gasteiger partial charge on any atom is -0.410 e. The van der Waals surface area contributed by atoms with Gasteiger partial charge in [0, 0.05) is 12.5 Å². The molecular formula is C14H28NO4P+2. The van der Waals surface area contributed by atoms with Gasteiger partial charge in [-0.3, -0.25) is 0 Å². The number of hydrogen-bond donors (Lipinski definition) is 0. The Morgan fingerprint density at radius 1 is 1.35 bits per heavy atom. The number of hydrogen-bond acceptors (Lipinski definition) is 4. The highest BCUT2D eigenvalue weighted by Crippen LogP contribution is 2.34. The second-order valence-electron chi connectivity index (χ2n) is 5.72. The normalized spacial score (nSPS) is 13.7. The van der Waals surface area contributed by atoms with Crippen molar-refractivity contribution >= 4 is 14.0 Å². The highest BCUT2D eigenvalue weighted by Gasteiger charge is 2.36. The Balaban J connectivity index is 4.31. The molecular weight excluding hydrogens is 277 g/mol. The first-order valence-corrected chi connectivity index (χ1v) is 8.27. The zero-order valence-corrected chi connectivity index (χ0v) is 14.0. The van der Waals surface area contributed by atoms with Crippen LogP contribution in [0.15, 0.2) is 12.7 Å². The molecule has 0 N–H and O–H groups in total. The van der Waals surface area contributed by atoms with Gasteiger partial charge in [0.25, 0.3) is 0 Å². The largest absolute Gasteiger partial charge is 0.553 e. The fraction of sp³-hybridized carbons (Fsp3) is 0.786. The zero-order valence-electron chi connectivity index (χ0n) is 13.1. The van der Waals surface area contributed by atoms with Gasteiger partial charge in [-0.15, -0.1) is 4.52 Å². The Labute approximate surface area is 123 Å². The van der Waals surface area contributed by atoms with Gasteiger partial charge in [0.1, 0.15) is 6.54 Å². The number of quaternary nitrogens is 1. The molecule has 2 atom stereocenters. The van der Waals surface area contributed by atoms with E-state index in [2.05, 4.69) is 13.5 Å². The van der Waals surface area contributed by atoms with E-state index in [1.165, 1.54) is 0 Å². The fourth-order valence-electron chi connectivity index (χ4n) is 1.45. The monoisotopic (exact) mass is 305 g/mol. The predicted molar refractivity (Wildman–Crippen MR) is 80.7 cm³/mol. The van der Waals surface area contributed by atoms with Crippen molar-refractivity contribution in [1.82, 2.24) is 0 Å². The first-order chi connectivity index (χ1) is 9.30. The molecule has 0 aromatic heterocycles. The third kappa shape index (κ3) is 10.1. The van der Waals surface area contributed by atoms with E-state index in [0.717, 1.165) is 36.4 Å². The van der Waals surface area contributed by atoms with Crippen LogP contribution in [0.3, 0.4) is 0 Å². The van der Waals surface area contributed by atoms with E-state index in [1.54, 1.807) is 0 Å². The molecule has 6 heteroatoms. The van der Waals surface area contributed by atoms with Crippen molar-refractivity contribution in [3.8, 4) is 0 Å². The number of nitrogens with zero attached hydrogens (tertiary/aromatic N) is 1. The first-order valence-electron chi connectivity index (χ1n) is 7.03. The first kappa shape index (κ1) is 19.2. The summed E-state index contributed by atoms with van der Waals surface area (Å²) in [4.78, 5) is 11.3. The SMILES string of the molecule is C=CC(=O)OC(CCCCC)[P+](=O)OCC[N+](C)(C)C. The molecule has 0 fully saturated rings. The number of carbonyl (C=O) groups is 1. The van der Waals surface area contributed by atoms with Crippen LogP contribution < -0.4 is 0 Å². The Morgan fingerprint density at radius 3 is 2.50 bits per heavy atom. The van der Waals surface area contributed by atoms with Gasteiger partial charge >= 0.3 is 19.8 Å². The highest BCUT2D eigenvalue weighted by atomic mass is 31.1. The molecule has 0 aromatic carbocycles. The van der Waals surface area contributed by atoms with Crippen LogP contribution in [-0.2, 0) is 18.6 Å². The van der Waals surface area contributed by atoms with Gasteiger partial charge in [-0.1, -0.05) is 26.3 Å². The maximum absolute atomic E-state index is 12.1. The van der Waals surface area contributed by atoms with Crippen LogP contribution in [-0.4, -0.2) is 50.6 Å². The Morgan fingerprint density at radius 2 is 2.00 bits per heavy atom. The van der Waals surface area contributed by atoms with E-state index in [4.69, 9.17) is 9.26 Å². The lowest BCUT2D eigenvalue weighted by Crippen LogP contribution is -2.37. The molecule has 0 amide bonds. The third-order valence-electron chi connectivity index (χ3n) is 2.69. The fourth-order valence-corrected chi connectivity index (χ4v) is 2.46. The second-order valence-corrected chi connectivity index (χ2v) is 7.13. The predicted octanol–water partition coefficient (Wildman–Crippen LogP) is 3.09. The van der Waals surface area contributed by atoms with E-state index >= 15 is 0 Å². The Hall–Kier alpha value is -0.770. The Kier molecular flexibility index (Phi) is 9.64. The van der Waals surface area contributed by atoms with Gasteiger partial charge in [0.2, 0.25) is 0 Å². The molecule has 0 aliphatic heterocycles.